The maximum Gasteiger partial charge on any atom is 0.255 e. The molecule has 1 aliphatic heterocycles. The number of unbranched alkanes of at least 4 members (excludes halogenated alkanes) is 1. The molecule has 0 spiro atoms. The molecule has 0 radical (unpaired) electrons. The highest BCUT2D eigenvalue weighted by atomic mass is 79.9. The van der Waals surface area contributed by atoms with E-state index in [4.69, 9.17) is 19.6 Å². The molecule has 8 nitrogen and oxygen atoms in total. The van der Waals surface area contributed by atoms with E-state index in [-0.39, 0.29) is 5.91 Å². The fourth-order valence-electron chi connectivity index (χ4n) is 4.61. The van der Waals surface area contributed by atoms with Gasteiger partial charge in [-0.3, -0.25) is 4.79 Å². The number of hydrogen-bond acceptors (Lipinski definition) is 7. The number of nitrogens with one attached hydrogen (secondary N) is 2. The van der Waals surface area contributed by atoms with Gasteiger partial charge in [-0.25, -0.2) is 4.68 Å². The van der Waals surface area contributed by atoms with E-state index in [1.807, 2.05) is 51.1 Å². The molecule has 1 unspecified atom stereocenters. The van der Waals surface area contributed by atoms with Gasteiger partial charge < -0.3 is 20.1 Å². The van der Waals surface area contributed by atoms with Crippen LogP contribution < -0.4 is 20.1 Å². The van der Waals surface area contributed by atoms with Gasteiger partial charge in [-0.15, -0.1) is 5.10 Å². The summed E-state index contributed by atoms with van der Waals surface area (Å²) < 4.78 is 14.5. The number of ether oxygens (including phenoxy) is 2. The van der Waals surface area contributed by atoms with Gasteiger partial charge in [0.05, 0.1) is 23.8 Å². The van der Waals surface area contributed by atoms with Gasteiger partial charge in [0.25, 0.3) is 5.91 Å². The fourth-order valence-corrected chi connectivity index (χ4v) is 6.10. The Labute approximate surface area is 255 Å². The Balaban J connectivity index is 1.78. The van der Waals surface area contributed by atoms with Crippen molar-refractivity contribution in [3.8, 4) is 11.5 Å². The molecule has 0 aliphatic carbocycles. The molecular formula is C31H40BrN5O3S. The second kappa shape index (κ2) is 13.8. The number of aromatic nitrogens is 3. The molecule has 1 aliphatic rings. The summed E-state index contributed by atoms with van der Waals surface area (Å²) in [5.74, 6) is 3.07. The molecular weight excluding hydrogens is 602 g/mol. The van der Waals surface area contributed by atoms with Crippen molar-refractivity contribution >= 4 is 45.2 Å². The lowest BCUT2D eigenvalue weighted by atomic mass is 9.94. The van der Waals surface area contributed by atoms with Crippen LogP contribution in [0.1, 0.15) is 69.7 Å². The Morgan fingerprint density at radius 1 is 1.24 bits per heavy atom. The van der Waals surface area contributed by atoms with Crippen LogP contribution in [0.4, 0.5) is 11.6 Å². The zero-order valence-corrected chi connectivity index (χ0v) is 27.3. The summed E-state index contributed by atoms with van der Waals surface area (Å²) in [7, 11) is 1.63. The maximum absolute atomic E-state index is 14.0. The third kappa shape index (κ3) is 7.09. The molecule has 1 atom stereocenters. The number of aryl methyl sites for hydroxylation is 1. The van der Waals surface area contributed by atoms with Crippen LogP contribution in [0.15, 0.2) is 51.2 Å². The number of nitrogens with zero attached hydrogens (tertiary/aromatic N) is 3. The molecule has 2 N–H and O–H groups in total. The van der Waals surface area contributed by atoms with Crippen LogP contribution in [0.25, 0.3) is 0 Å². The summed E-state index contributed by atoms with van der Waals surface area (Å²) in [4.78, 5) is 18.8. The first-order valence-electron chi connectivity index (χ1n) is 14.1. The average Bonchev–Trinajstić information content (AvgIpc) is 3.33. The Kier molecular flexibility index (Phi) is 10.4. The normalized spacial score (nSPS) is 14.6. The Bertz CT molecular complexity index is 1440. The standard InChI is InChI=1S/C31H40BrN5O3S/c1-8-9-15-41-31-35-30-33-21(6)26(29(38)34-24-12-10-11-19(4)20(24)5)27(37(30)36-31)22-16-23(32)28(25(17-22)39-7)40-14-13-18(2)3/h10-12,16-18,27H,8-9,13-15H2,1-7H3,(H,34,38)(H,33,35,36). The molecule has 2 aromatic carbocycles. The van der Waals surface area contributed by atoms with Gasteiger partial charge in [0.15, 0.2) is 11.5 Å². The predicted octanol–water partition coefficient (Wildman–Crippen LogP) is 7.91. The van der Waals surface area contributed by atoms with Crippen molar-refractivity contribution in [2.45, 2.75) is 72.0 Å². The molecule has 3 aromatic rings. The van der Waals surface area contributed by atoms with E-state index in [9.17, 15) is 4.79 Å². The molecule has 10 heteroatoms. The van der Waals surface area contributed by atoms with Crippen LogP contribution in [-0.2, 0) is 4.79 Å². The van der Waals surface area contributed by atoms with E-state index in [2.05, 4.69) is 47.3 Å². The number of carbonyl (C=O) groups excluding carboxylic acids is 1. The highest BCUT2D eigenvalue weighted by Gasteiger charge is 2.35. The van der Waals surface area contributed by atoms with Gasteiger partial charge in [0.1, 0.15) is 6.04 Å². The van der Waals surface area contributed by atoms with Crippen molar-refractivity contribution in [3.05, 3.63) is 62.8 Å². The molecule has 220 valence electrons. The first kappa shape index (κ1) is 31.0. The largest absolute Gasteiger partial charge is 0.493 e. The minimum absolute atomic E-state index is 0.206. The van der Waals surface area contributed by atoms with Crippen LogP contribution in [0.2, 0.25) is 0 Å². The number of fused-ring (bicyclic) bond motifs is 1. The Morgan fingerprint density at radius 2 is 2.02 bits per heavy atom. The van der Waals surface area contributed by atoms with E-state index >= 15 is 0 Å². The minimum atomic E-state index is -0.542. The summed E-state index contributed by atoms with van der Waals surface area (Å²) in [6.45, 7) is 13.0. The fraction of sp³-hybridized carbons (Fsp3) is 0.452. The van der Waals surface area contributed by atoms with Gasteiger partial charge in [-0.05, 0) is 90.4 Å². The molecule has 0 saturated carbocycles. The number of anilines is 2. The number of halogens is 1. The number of amides is 1. The van der Waals surface area contributed by atoms with Crippen LogP contribution in [0.3, 0.4) is 0 Å². The van der Waals surface area contributed by atoms with E-state index in [0.29, 0.717) is 40.7 Å². The number of hydrogen-bond donors (Lipinski definition) is 2. The number of thioether (sulfide) groups is 1. The van der Waals surface area contributed by atoms with Crippen LogP contribution in [-0.4, -0.2) is 40.1 Å². The Morgan fingerprint density at radius 3 is 2.73 bits per heavy atom. The molecule has 41 heavy (non-hydrogen) atoms. The smallest absolute Gasteiger partial charge is 0.255 e. The molecule has 1 aromatic heterocycles. The summed E-state index contributed by atoms with van der Waals surface area (Å²) >= 11 is 5.34. The first-order valence-corrected chi connectivity index (χ1v) is 15.9. The molecule has 0 fully saturated rings. The van der Waals surface area contributed by atoms with Crippen molar-refractivity contribution in [1.82, 2.24) is 14.8 Å². The van der Waals surface area contributed by atoms with E-state index in [1.165, 1.54) is 0 Å². The lowest BCUT2D eigenvalue weighted by Gasteiger charge is -2.29. The minimum Gasteiger partial charge on any atom is -0.493 e. The molecule has 0 bridgehead atoms. The van der Waals surface area contributed by atoms with Crippen LogP contribution >= 0.6 is 27.7 Å². The van der Waals surface area contributed by atoms with Gasteiger partial charge >= 0.3 is 0 Å². The number of benzene rings is 2. The third-order valence-corrected chi connectivity index (χ3v) is 8.68. The van der Waals surface area contributed by atoms with Crippen molar-refractivity contribution in [1.29, 1.82) is 0 Å². The second-order valence-electron chi connectivity index (χ2n) is 10.7. The van der Waals surface area contributed by atoms with Crippen molar-refractivity contribution in [3.63, 3.8) is 0 Å². The van der Waals surface area contributed by atoms with E-state index in [0.717, 1.165) is 57.6 Å². The highest BCUT2D eigenvalue weighted by molar-refractivity contribution is 9.10. The SMILES string of the molecule is CCCCSc1nc2n(n1)C(c1cc(Br)c(OCCC(C)C)c(OC)c1)C(C(=O)Nc1cccc(C)c1C)=C(C)N2. The highest BCUT2D eigenvalue weighted by Crippen LogP contribution is 2.43. The van der Waals surface area contributed by atoms with Gasteiger partial charge in [-0.1, -0.05) is 51.1 Å². The number of methoxy groups -OCH3 is 1. The van der Waals surface area contributed by atoms with Crippen LogP contribution in [0.5, 0.6) is 11.5 Å². The summed E-state index contributed by atoms with van der Waals surface area (Å²) in [6.07, 6.45) is 3.11. The first-order chi connectivity index (χ1) is 19.6. The van der Waals surface area contributed by atoms with E-state index < -0.39 is 6.04 Å². The van der Waals surface area contributed by atoms with Gasteiger partial charge in [0.2, 0.25) is 11.1 Å². The third-order valence-electron chi connectivity index (χ3n) is 7.17. The topological polar surface area (TPSA) is 90.3 Å². The van der Waals surface area contributed by atoms with Crippen molar-refractivity contribution < 1.29 is 14.3 Å². The van der Waals surface area contributed by atoms with Gasteiger partial charge in [-0.2, -0.15) is 4.98 Å². The van der Waals surface area contributed by atoms with Crippen molar-refractivity contribution in [2.75, 3.05) is 30.1 Å². The average molecular weight is 643 g/mol. The molecule has 4 rings (SSSR count). The van der Waals surface area contributed by atoms with Crippen molar-refractivity contribution in [2.24, 2.45) is 5.92 Å². The molecule has 0 saturated heterocycles. The zero-order chi connectivity index (χ0) is 29.7. The molecule has 2 heterocycles. The lowest BCUT2D eigenvalue weighted by Crippen LogP contribution is -2.31. The second-order valence-corrected chi connectivity index (χ2v) is 12.6. The zero-order valence-electron chi connectivity index (χ0n) is 24.9. The summed E-state index contributed by atoms with van der Waals surface area (Å²) in [5.41, 5.74) is 5.02. The number of allylic oxidation sites excluding steroid dienone is 1. The van der Waals surface area contributed by atoms with Crippen LogP contribution in [0, 0.1) is 19.8 Å². The number of carbonyl (C=O) groups is 1. The van der Waals surface area contributed by atoms with Gasteiger partial charge in [0, 0.05) is 17.1 Å². The number of rotatable bonds is 12. The summed E-state index contributed by atoms with van der Waals surface area (Å²) in [6, 6.07) is 9.28. The quantitative estimate of drug-likeness (QED) is 0.153. The Hall–Kier alpha value is -2.98. The molecule has 1 amide bonds. The lowest BCUT2D eigenvalue weighted by molar-refractivity contribution is -0.113. The summed E-state index contributed by atoms with van der Waals surface area (Å²) in [5, 5.41) is 12.0. The predicted molar refractivity (Wildman–Crippen MR) is 170 cm³/mol. The van der Waals surface area contributed by atoms with E-state index in [1.54, 1.807) is 23.6 Å². The monoisotopic (exact) mass is 641 g/mol. The maximum atomic E-state index is 14.0.